The molecular formula is C20H19N3O4. The van der Waals surface area contributed by atoms with Crippen molar-refractivity contribution in [2.24, 2.45) is 0 Å². The van der Waals surface area contributed by atoms with Crippen molar-refractivity contribution in [3.05, 3.63) is 71.8 Å². The van der Waals surface area contributed by atoms with Gasteiger partial charge in [-0.15, -0.1) is 0 Å². The lowest BCUT2D eigenvalue weighted by atomic mass is 10.1. The summed E-state index contributed by atoms with van der Waals surface area (Å²) in [5, 5.41) is 2.73. The van der Waals surface area contributed by atoms with Gasteiger partial charge in [0.15, 0.2) is 0 Å². The fraction of sp³-hybridized carbons (Fsp3) is 0.200. The van der Waals surface area contributed by atoms with Crippen molar-refractivity contribution < 1.29 is 19.2 Å². The number of nitrogens with zero attached hydrogens (tertiary/aromatic N) is 2. The fourth-order valence-corrected chi connectivity index (χ4v) is 2.85. The molecule has 0 bridgehead atoms. The lowest BCUT2D eigenvalue weighted by Crippen LogP contribution is -2.42. The quantitative estimate of drug-likeness (QED) is 0.625. The van der Waals surface area contributed by atoms with Crippen LogP contribution in [-0.4, -0.2) is 40.1 Å². The average molecular weight is 365 g/mol. The van der Waals surface area contributed by atoms with Gasteiger partial charge in [-0.25, -0.2) is 9.69 Å². The molecular weight excluding hydrogens is 346 g/mol. The van der Waals surface area contributed by atoms with Crippen molar-refractivity contribution in [2.75, 3.05) is 6.54 Å². The molecule has 0 aromatic heterocycles. The normalized spacial score (nSPS) is 15.2. The standard InChI is InChI=1S/C20H19N3O4/c1-14(16-10-6-3-7-11-16)21-17(24)13-23-19(26)18(25)22(20(23)27)12-15-8-4-2-5-9-15/h2-11,14H,12-13H2,1H3,(H,21,24)/t14-/m1/s1. The van der Waals surface area contributed by atoms with Crippen molar-refractivity contribution in [2.45, 2.75) is 19.5 Å². The summed E-state index contributed by atoms with van der Waals surface area (Å²) in [5.74, 6) is -2.42. The van der Waals surface area contributed by atoms with E-state index in [1.807, 2.05) is 36.4 Å². The molecule has 2 aromatic rings. The third kappa shape index (κ3) is 4.03. The van der Waals surface area contributed by atoms with Crippen LogP contribution in [0.1, 0.15) is 24.1 Å². The van der Waals surface area contributed by atoms with Gasteiger partial charge >= 0.3 is 17.8 Å². The van der Waals surface area contributed by atoms with Crippen LogP contribution in [0.25, 0.3) is 0 Å². The molecule has 1 aliphatic heterocycles. The van der Waals surface area contributed by atoms with E-state index in [-0.39, 0.29) is 12.6 Å². The zero-order valence-corrected chi connectivity index (χ0v) is 14.8. The molecule has 2 aromatic carbocycles. The van der Waals surface area contributed by atoms with E-state index in [1.165, 1.54) is 0 Å². The first-order valence-corrected chi connectivity index (χ1v) is 8.53. The van der Waals surface area contributed by atoms with Crippen molar-refractivity contribution in [1.82, 2.24) is 15.1 Å². The van der Waals surface area contributed by atoms with Gasteiger partial charge in [0.1, 0.15) is 6.54 Å². The highest BCUT2D eigenvalue weighted by atomic mass is 16.2. The largest absolute Gasteiger partial charge is 0.348 e. The number of imide groups is 2. The van der Waals surface area contributed by atoms with E-state index in [9.17, 15) is 19.2 Å². The summed E-state index contributed by atoms with van der Waals surface area (Å²) in [6.07, 6.45) is 0. The van der Waals surface area contributed by atoms with E-state index in [0.717, 1.165) is 16.0 Å². The number of rotatable bonds is 6. The van der Waals surface area contributed by atoms with Crippen LogP contribution >= 0.6 is 0 Å². The minimum Gasteiger partial charge on any atom is -0.348 e. The second kappa shape index (κ2) is 7.82. The van der Waals surface area contributed by atoms with Crippen LogP contribution in [0.3, 0.4) is 0 Å². The lowest BCUT2D eigenvalue weighted by molar-refractivity contribution is -0.144. The Morgan fingerprint density at radius 2 is 1.44 bits per heavy atom. The number of hydrogen-bond acceptors (Lipinski definition) is 4. The van der Waals surface area contributed by atoms with Gasteiger partial charge < -0.3 is 5.32 Å². The smallest absolute Gasteiger partial charge is 0.335 e. The SMILES string of the molecule is C[C@@H](NC(=O)CN1C(=O)C(=O)N(Cc2ccccc2)C1=O)c1ccccc1. The summed E-state index contributed by atoms with van der Waals surface area (Å²) in [7, 11) is 0. The molecule has 1 atom stereocenters. The van der Waals surface area contributed by atoms with Crippen LogP contribution in [-0.2, 0) is 20.9 Å². The number of benzene rings is 2. The van der Waals surface area contributed by atoms with Crippen molar-refractivity contribution in [1.29, 1.82) is 0 Å². The maximum atomic E-state index is 12.5. The maximum absolute atomic E-state index is 12.5. The van der Waals surface area contributed by atoms with E-state index in [0.29, 0.717) is 4.90 Å². The van der Waals surface area contributed by atoms with Crippen LogP contribution in [0, 0.1) is 0 Å². The first-order chi connectivity index (χ1) is 13.0. The van der Waals surface area contributed by atoms with E-state index in [4.69, 9.17) is 0 Å². The molecule has 0 unspecified atom stereocenters. The number of hydrogen-bond donors (Lipinski definition) is 1. The first kappa shape index (κ1) is 18.3. The monoisotopic (exact) mass is 365 g/mol. The summed E-state index contributed by atoms with van der Waals surface area (Å²) in [6, 6.07) is 17.1. The summed E-state index contributed by atoms with van der Waals surface area (Å²) >= 11 is 0. The summed E-state index contributed by atoms with van der Waals surface area (Å²) in [5.41, 5.74) is 1.61. The van der Waals surface area contributed by atoms with Crippen LogP contribution in [0.4, 0.5) is 4.79 Å². The molecule has 0 saturated carbocycles. The highest BCUT2D eigenvalue weighted by molar-refractivity contribution is 6.44. The molecule has 1 fully saturated rings. The number of carbonyl (C=O) groups is 4. The Kier molecular flexibility index (Phi) is 5.30. The lowest BCUT2D eigenvalue weighted by Gasteiger charge is -2.18. The minimum atomic E-state index is -0.988. The molecule has 7 heteroatoms. The molecule has 1 N–H and O–H groups in total. The second-order valence-corrected chi connectivity index (χ2v) is 6.25. The van der Waals surface area contributed by atoms with Crippen LogP contribution in [0.2, 0.25) is 0 Å². The molecule has 0 aliphatic carbocycles. The molecule has 1 heterocycles. The molecule has 7 nitrogen and oxygen atoms in total. The third-order valence-corrected chi connectivity index (χ3v) is 4.30. The predicted molar refractivity (Wildman–Crippen MR) is 97.1 cm³/mol. The maximum Gasteiger partial charge on any atom is 0.335 e. The molecule has 138 valence electrons. The number of amides is 5. The van der Waals surface area contributed by atoms with Crippen LogP contribution < -0.4 is 5.32 Å². The van der Waals surface area contributed by atoms with Crippen molar-refractivity contribution >= 4 is 23.8 Å². The van der Waals surface area contributed by atoms with Gasteiger partial charge in [-0.3, -0.25) is 19.3 Å². The van der Waals surface area contributed by atoms with Crippen LogP contribution in [0.15, 0.2) is 60.7 Å². The van der Waals surface area contributed by atoms with E-state index in [1.54, 1.807) is 31.2 Å². The highest BCUT2D eigenvalue weighted by Gasteiger charge is 2.45. The second-order valence-electron chi connectivity index (χ2n) is 6.25. The number of carbonyl (C=O) groups excluding carboxylic acids is 4. The Morgan fingerprint density at radius 3 is 2.07 bits per heavy atom. The van der Waals surface area contributed by atoms with E-state index < -0.39 is 30.3 Å². The molecule has 1 saturated heterocycles. The van der Waals surface area contributed by atoms with E-state index in [2.05, 4.69) is 5.32 Å². The van der Waals surface area contributed by atoms with Gasteiger partial charge in [0.25, 0.3) is 0 Å². The third-order valence-electron chi connectivity index (χ3n) is 4.30. The first-order valence-electron chi connectivity index (χ1n) is 8.53. The molecule has 5 amide bonds. The Bertz CT molecular complexity index is 867. The van der Waals surface area contributed by atoms with Crippen molar-refractivity contribution in [3.8, 4) is 0 Å². The summed E-state index contributed by atoms with van der Waals surface area (Å²) < 4.78 is 0. The minimum absolute atomic E-state index is 0.0111. The topological polar surface area (TPSA) is 86.8 Å². The predicted octanol–water partition coefficient (Wildman–Crippen LogP) is 1.85. The van der Waals surface area contributed by atoms with Gasteiger partial charge in [0.05, 0.1) is 12.6 Å². The molecule has 0 spiro atoms. The van der Waals surface area contributed by atoms with E-state index >= 15 is 0 Å². The van der Waals surface area contributed by atoms with Gasteiger partial charge in [-0.1, -0.05) is 60.7 Å². The molecule has 3 rings (SSSR count). The van der Waals surface area contributed by atoms with Gasteiger partial charge in [-0.05, 0) is 18.1 Å². The Hall–Kier alpha value is -3.48. The van der Waals surface area contributed by atoms with Gasteiger partial charge in [0, 0.05) is 0 Å². The Labute approximate surface area is 156 Å². The average Bonchev–Trinajstić information content (AvgIpc) is 2.87. The number of nitrogens with one attached hydrogen (secondary N) is 1. The zero-order valence-electron chi connectivity index (χ0n) is 14.8. The Morgan fingerprint density at radius 1 is 0.889 bits per heavy atom. The molecule has 1 aliphatic rings. The van der Waals surface area contributed by atoms with Gasteiger partial charge in [-0.2, -0.15) is 0 Å². The Balaban J connectivity index is 1.64. The molecule has 27 heavy (non-hydrogen) atoms. The fourth-order valence-electron chi connectivity index (χ4n) is 2.85. The highest BCUT2D eigenvalue weighted by Crippen LogP contribution is 2.16. The van der Waals surface area contributed by atoms with Gasteiger partial charge in [0.2, 0.25) is 5.91 Å². The van der Waals surface area contributed by atoms with Crippen LogP contribution in [0.5, 0.6) is 0 Å². The molecule has 0 radical (unpaired) electrons. The summed E-state index contributed by atoms with van der Waals surface area (Å²) in [6.45, 7) is 1.29. The zero-order chi connectivity index (χ0) is 19.4. The van der Waals surface area contributed by atoms with Crippen molar-refractivity contribution in [3.63, 3.8) is 0 Å². The summed E-state index contributed by atoms with van der Waals surface area (Å²) in [4.78, 5) is 50.5. The number of urea groups is 1.